The molecule has 0 amide bonds. The van der Waals surface area contributed by atoms with E-state index in [9.17, 15) is 9.59 Å². The lowest BCUT2D eigenvalue weighted by atomic mass is 10.0. The lowest BCUT2D eigenvalue weighted by molar-refractivity contribution is -0.139. The number of aromatic nitrogens is 1. The van der Waals surface area contributed by atoms with Gasteiger partial charge in [-0.25, -0.2) is 4.98 Å². The molecule has 0 aliphatic heterocycles. The standard InChI is InChI=1S/C14H20N2O3/c1-5-14(3,4)16-13-11(7-6-8-15-13)12(18)9-19-10(2)17/h6-8H,5,9H2,1-4H3,(H,15,16). The molecule has 0 unspecified atom stereocenters. The summed E-state index contributed by atoms with van der Waals surface area (Å²) in [5, 5.41) is 3.23. The van der Waals surface area contributed by atoms with Crippen LogP contribution in [0, 0.1) is 0 Å². The summed E-state index contributed by atoms with van der Waals surface area (Å²) in [6.45, 7) is 7.12. The van der Waals surface area contributed by atoms with Crippen molar-refractivity contribution in [1.29, 1.82) is 0 Å². The van der Waals surface area contributed by atoms with Crippen LogP contribution in [0.2, 0.25) is 0 Å². The Hall–Kier alpha value is -1.91. The van der Waals surface area contributed by atoms with Crippen molar-refractivity contribution in [2.75, 3.05) is 11.9 Å². The lowest BCUT2D eigenvalue weighted by Gasteiger charge is -2.26. The normalized spacial score (nSPS) is 10.9. The van der Waals surface area contributed by atoms with E-state index < -0.39 is 5.97 Å². The van der Waals surface area contributed by atoms with Crippen LogP contribution in [-0.2, 0) is 9.53 Å². The second-order valence-corrected chi connectivity index (χ2v) is 4.97. The summed E-state index contributed by atoms with van der Waals surface area (Å²) in [4.78, 5) is 26.9. The minimum atomic E-state index is -0.472. The van der Waals surface area contributed by atoms with E-state index in [0.29, 0.717) is 11.4 Å². The molecule has 0 spiro atoms. The smallest absolute Gasteiger partial charge is 0.303 e. The Balaban J connectivity index is 2.89. The number of carbonyl (C=O) groups excluding carboxylic acids is 2. The third kappa shape index (κ3) is 4.69. The molecule has 0 bridgehead atoms. The summed E-state index contributed by atoms with van der Waals surface area (Å²) < 4.78 is 4.73. The van der Waals surface area contributed by atoms with Gasteiger partial charge in [0, 0.05) is 18.7 Å². The van der Waals surface area contributed by atoms with Gasteiger partial charge in [0.15, 0.2) is 6.61 Å². The zero-order chi connectivity index (χ0) is 14.5. The molecule has 0 aliphatic carbocycles. The van der Waals surface area contributed by atoms with Gasteiger partial charge in [-0.3, -0.25) is 9.59 Å². The molecule has 0 saturated carbocycles. The summed E-state index contributed by atoms with van der Waals surface area (Å²) in [5.41, 5.74) is 0.274. The van der Waals surface area contributed by atoms with Gasteiger partial charge in [0.2, 0.25) is 5.78 Å². The van der Waals surface area contributed by atoms with Crippen molar-refractivity contribution in [3.8, 4) is 0 Å². The number of carbonyl (C=O) groups is 2. The van der Waals surface area contributed by atoms with Crippen molar-refractivity contribution in [2.45, 2.75) is 39.7 Å². The van der Waals surface area contributed by atoms with Crippen LogP contribution in [-0.4, -0.2) is 28.9 Å². The highest BCUT2D eigenvalue weighted by Crippen LogP contribution is 2.20. The topological polar surface area (TPSA) is 68.3 Å². The molecule has 5 nitrogen and oxygen atoms in total. The van der Waals surface area contributed by atoms with E-state index in [1.165, 1.54) is 6.92 Å². The number of Topliss-reactive ketones (excluding diaryl/α,β-unsaturated/α-hetero) is 1. The van der Waals surface area contributed by atoms with Gasteiger partial charge in [0.1, 0.15) is 5.82 Å². The average Bonchev–Trinajstić information content (AvgIpc) is 2.36. The van der Waals surface area contributed by atoms with Gasteiger partial charge in [0.05, 0.1) is 5.56 Å². The minimum Gasteiger partial charge on any atom is -0.457 e. The quantitative estimate of drug-likeness (QED) is 0.631. The minimum absolute atomic E-state index is 0.162. The van der Waals surface area contributed by atoms with Crippen molar-refractivity contribution in [2.24, 2.45) is 0 Å². The van der Waals surface area contributed by atoms with E-state index in [1.54, 1.807) is 18.3 Å². The Morgan fingerprint density at radius 2 is 2.11 bits per heavy atom. The predicted octanol–water partition coefficient (Wildman–Crippen LogP) is 2.43. The highest BCUT2D eigenvalue weighted by molar-refractivity contribution is 6.01. The zero-order valence-corrected chi connectivity index (χ0v) is 11.8. The summed E-state index contributed by atoms with van der Waals surface area (Å²) >= 11 is 0. The molecule has 104 valence electrons. The maximum Gasteiger partial charge on any atom is 0.303 e. The molecule has 0 atom stereocenters. The molecule has 0 saturated heterocycles. The van der Waals surface area contributed by atoms with Gasteiger partial charge >= 0.3 is 5.97 Å². The fourth-order valence-electron chi connectivity index (χ4n) is 1.38. The Bertz CT molecular complexity index is 470. The van der Waals surface area contributed by atoms with Crippen LogP contribution < -0.4 is 5.32 Å². The average molecular weight is 264 g/mol. The van der Waals surface area contributed by atoms with Crippen LogP contribution in [0.4, 0.5) is 5.82 Å². The van der Waals surface area contributed by atoms with Crippen LogP contribution in [0.15, 0.2) is 18.3 Å². The number of ketones is 1. The number of esters is 1. The number of hydrogen-bond acceptors (Lipinski definition) is 5. The van der Waals surface area contributed by atoms with Gasteiger partial charge in [0.25, 0.3) is 0 Å². The van der Waals surface area contributed by atoms with Crippen molar-refractivity contribution in [1.82, 2.24) is 4.98 Å². The van der Waals surface area contributed by atoms with E-state index in [2.05, 4.69) is 17.2 Å². The molecule has 1 heterocycles. The van der Waals surface area contributed by atoms with Gasteiger partial charge in [-0.1, -0.05) is 6.92 Å². The third-order valence-electron chi connectivity index (χ3n) is 2.86. The molecule has 19 heavy (non-hydrogen) atoms. The van der Waals surface area contributed by atoms with E-state index in [0.717, 1.165) is 6.42 Å². The van der Waals surface area contributed by atoms with Crippen molar-refractivity contribution >= 4 is 17.6 Å². The van der Waals surface area contributed by atoms with Crippen LogP contribution in [0.5, 0.6) is 0 Å². The largest absolute Gasteiger partial charge is 0.457 e. The van der Waals surface area contributed by atoms with Crippen molar-refractivity contribution in [3.05, 3.63) is 23.9 Å². The molecule has 1 N–H and O–H groups in total. The van der Waals surface area contributed by atoms with Crippen LogP contribution >= 0.6 is 0 Å². The zero-order valence-electron chi connectivity index (χ0n) is 11.8. The van der Waals surface area contributed by atoms with E-state index in [1.807, 2.05) is 13.8 Å². The van der Waals surface area contributed by atoms with Crippen LogP contribution in [0.25, 0.3) is 0 Å². The third-order valence-corrected chi connectivity index (χ3v) is 2.86. The van der Waals surface area contributed by atoms with Crippen LogP contribution in [0.1, 0.15) is 44.5 Å². The molecule has 0 aliphatic rings. The fourth-order valence-corrected chi connectivity index (χ4v) is 1.38. The molecule has 1 aromatic rings. The Morgan fingerprint density at radius 3 is 2.68 bits per heavy atom. The Labute approximate surface area is 113 Å². The first kappa shape index (κ1) is 15.1. The summed E-state index contributed by atoms with van der Waals surface area (Å²) in [5.74, 6) is -0.218. The SMILES string of the molecule is CCC(C)(C)Nc1ncccc1C(=O)COC(C)=O. The molecule has 0 aromatic carbocycles. The Morgan fingerprint density at radius 1 is 1.42 bits per heavy atom. The van der Waals surface area contributed by atoms with Crippen LogP contribution in [0.3, 0.4) is 0 Å². The van der Waals surface area contributed by atoms with Gasteiger partial charge in [-0.2, -0.15) is 0 Å². The predicted molar refractivity (Wildman–Crippen MR) is 73.2 cm³/mol. The molecular weight excluding hydrogens is 244 g/mol. The molecule has 0 fully saturated rings. The number of rotatable bonds is 6. The summed E-state index contributed by atoms with van der Waals surface area (Å²) in [7, 11) is 0. The van der Waals surface area contributed by atoms with Gasteiger partial charge in [-0.05, 0) is 32.4 Å². The monoisotopic (exact) mass is 264 g/mol. The van der Waals surface area contributed by atoms with E-state index in [-0.39, 0.29) is 17.9 Å². The second kappa shape index (κ2) is 6.31. The first-order valence-corrected chi connectivity index (χ1v) is 6.25. The number of anilines is 1. The summed E-state index contributed by atoms with van der Waals surface area (Å²) in [6, 6.07) is 3.36. The number of nitrogens with zero attached hydrogens (tertiary/aromatic N) is 1. The maximum absolute atomic E-state index is 12.0. The molecule has 1 rings (SSSR count). The highest BCUT2D eigenvalue weighted by atomic mass is 16.5. The van der Waals surface area contributed by atoms with Crippen molar-refractivity contribution in [3.63, 3.8) is 0 Å². The summed E-state index contributed by atoms with van der Waals surface area (Å²) in [6.07, 6.45) is 2.51. The molecular formula is C14H20N2O3. The molecule has 0 radical (unpaired) electrons. The first-order chi connectivity index (χ1) is 8.85. The Kier molecular flexibility index (Phi) is 5.03. The molecule has 1 aromatic heterocycles. The lowest BCUT2D eigenvalue weighted by Crippen LogP contribution is -2.31. The second-order valence-electron chi connectivity index (χ2n) is 4.97. The van der Waals surface area contributed by atoms with E-state index >= 15 is 0 Å². The first-order valence-electron chi connectivity index (χ1n) is 6.25. The number of nitrogens with one attached hydrogen (secondary N) is 1. The van der Waals surface area contributed by atoms with E-state index in [4.69, 9.17) is 4.74 Å². The van der Waals surface area contributed by atoms with Crippen molar-refractivity contribution < 1.29 is 14.3 Å². The number of pyridine rings is 1. The maximum atomic E-state index is 12.0. The number of ether oxygens (including phenoxy) is 1. The highest BCUT2D eigenvalue weighted by Gasteiger charge is 2.20. The van der Waals surface area contributed by atoms with Gasteiger partial charge in [-0.15, -0.1) is 0 Å². The molecule has 5 heteroatoms. The number of hydrogen-bond donors (Lipinski definition) is 1. The van der Waals surface area contributed by atoms with Gasteiger partial charge < -0.3 is 10.1 Å². The fraction of sp³-hybridized carbons (Fsp3) is 0.500.